The van der Waals surface area contributed by atoms with Crippen LogP contribution in [0.1, 0.15) is 12.5 Å². The van der Waals surface area contributed by atoms with Crippen LogP contribution in [-0.2, 0) is 0 Å². The third-order valence-electron chi connectivity index (χ3n) is 3.12. The highest BCUT2D eigenvalue weighted by molar-refractivity contribution is 7.80. The molecule has 0 spiro atoms. The smallest absolute Gasteiger partial charge is 0.215 e. The summed E-state index contributed by atoms with van der Waals surface area (Å²) in [6, 6.07) is 10.1. The molecule has 2 rings (SSSR count). The Hall–Kier alpha value is -2.15. The Kier molecular flexibility index (Phi) is 6.14. The lowest BCUT2D eigenvalue weighted by molar-refractivity contribution is 0.492. The molecule has 6 nitrogen and oxygen atoms in total. The zero-order chi connectivity index (χ0) is 15.8. The maximum Gasteiger partial charge on any atom is 0.215 e. The van der Waals surface area contributed by atoms with E-state index in [9.17, 15) is 0 Å². The molecular formula is C15H22N6S. The zero-order valence-electron chi connectivity index (χ0n) is 12.9. The minimum atomic E-state index is 0.0984. The molecule has 1 fully saturated rings. The molecule has 118 valence electrons. The van der Waals surface area contributed by atoms with Gasteiger partial charge in [0, 0.05) is 20.1 Å². The minimum Gasteiger partial charge on any atom is -0.366 e. The van der Waals surface area contributed by atoms with Gasteiger partial charge < -0.3 is 16.0 Å². The lowest BCUT2D eigenvalue weighted by atomic mass is 10.2. The number of benzene rings is 1. The first-order chi connectivity index (χ1) is 10.7. The molecule has 1 heterocycles. The monoisotopic (exact) mass is 318 g/mol. The van der Waals surface area contributed by atoms with Gasteiger partial charge in [-0.3, -0.25) is 0 Å². The number of hydrogen-bond donors (Lipinski definition) is 3. The maximum absolute atomic E-state index is 5.06. The maximum atomic E-state index is 5.06. The van der Waals surface area contributed by atoms with Gasteiger partial charge in [0.25, 0.3) is 0 Å². The zero-order valence-corrected chi connectivity index (χ0v) is 13.7. The highest BCUT2D eigenvalue weighted by Crippen LogP contribution is 2.02. The van der Waals surface area contributed by atoms with Crippen molar-refractivity contribution in [1.82, 2.24) is 21.0 Å². The van der Waals surface area contributed by atoms with Crippen molar-refractivity contribution < 1.29 is 0 Å². The van der Waals surface area contributed by atoms with Gasteiger partial charge in [-0.1, -0.05) is 30.3 Å². The fraction of sp³-hybridized carbons (Fsp3) is 0.400. The van der Waals surface area contributed by atoms with Gasteiger partial charge in [-0.05, 0) is 24.7 Å². The van der Waals surface area contributed by atoms with E-state index in [0.717, 1.165) is 24.6 Å². The molecule has 7 heteroatoms. The van der Waals surface area contributed by atoms with Crippen molar-refractivity contribution in [2.24, 2.45) is 10.1 Å². The van der Waals surface area contributed by atoms with Gasteiger partial charge in [0.2, 0.25) is 5.96 Å². The summed E-state index contributed by atoms with van der Waals surface area (Å²) in [5.41, 5.74) is 1.07. The van der Waals surface area contributed by atoms with Gasteiger partial charge in [-0.15, -0.1) is 0 Å². The van der Waals surface area contributed by atoms with Gasteiger partial charge in [-0.25, -0.2) is 10.0 Å². The van der Waals surface area contributed by atoms with E-state index in [1.54, 1.807) is 7.05 Å². The number of nitrogens with zero attached hydrogens (tertiary/aromatic N) is 3. The van der Waals surface area contributed by atoms with Gasteiger partial charge in [-0.2, -0.15) is 5.10 Å². The number of hydrazone groups is 1. The largest absolute Gasteiger partial charge is 0.366 e. The normalized spacial score (nSPS) is 17.5. The first kappa shape index (κ1) is 16.2. The van der Waals surface area contributed by atoms with E-state index in [2.05, 4.69) is 26.0 Å². The lowest BCUT2D eigenvalue weighted by Gasteiger charge is -2.15. The summed E-state index contributed by atoms with van der Waals surface area (Å²) < 4.78 is 0. The molecular weight excluding hydrogens is 296 g/mol. The Morgan fingerprint density at radius 1 is 1.45 bits per heavy atom. The van der Waals surface area contributed by atoms with E-state index in [1.807, 2.05) is 48.5 Å². The van der Waals surface area contributed by atoms with Crippen molar-refractivity contribution in [2.45, 2.75) is 13.0 Å². The Morgan fingerprint density at radius 3 is 2.95 bits per heavy atom. The highest BCUT2D eigenvalue weighted by Gasteiger charge is 2.17. The fourth-order valence-electron chi connectivity index (χ4n) is 1.95. The molecule has 1 atom stereocenters. The topological polar surface area (TPSA) is 64.1 Å². The van der Waals surface area contributed by atoms with Gasteiger partial charge >= 0.3 is 0 Å². The van der Waals surface area contributed by atoms with Gasteiger partial charge in [0.15, 0.2) is 5.11 Å². The Labute approximate surface area is 136 Å². The fourth-order valence-corrected chi connectivity index (χ4v) is 2.04. The van der Waals surface area contributed by atoms with Crippen molar-refractivity contribution in [3.05, 3.63) is 35.9 Å². The summed E-state index contributed by atoms with van der Waals surface area (Å²) in [6.07, 6.45) is 1.85. The van der Waals surface area contributed by atoms with Crippen LogP contribution in [0.2, 0.25) is 0 Å². The van der Waals surface area contributed by atoms with Crippen molar-refractivity contribution in [1.29, 1.82) is 0 Å². The summed E-state index contributed by atoms with van der Waals surface area (Å²) in [5.74, 6) is 0.803. The summed E-state index contributed by atoms with van der Waals surface area (Å²) in [5, 5.41) is 16.3. The quantitative estimate of drug-likeness (QED) is 0.553. The Morgan fingerprint density at radius 2 is 2.23 bits per heavy atom. The third-order valence-corrected chi connectivity index (χ3v) is 3.47. The number of hydrogen-bond acceptors (Lipinski definition) is 3. The second kappa shape index (κ2) is 8.33. The van der Waals surface area contributed by atoms with E-state index >= 15 is 0 Å². The van der Waals surface area contributed by atoms with Crippen molar-refractivity contribution in [2.75, 3.05) is 26.7 Å². The standard InChI is InChI=1S/C15H22N6S/c1-12(10-18-15(22)16-2)20-14-17-8-9-21(14)19-11-13-6-4-3-5-7-13/h3-7,11-12H,8-10H2,1-2H3,(H,17,20)(H2,16,18,22)/b19-11+. The van der Waals surface area contributed by atoms with Crippen LogP contribution in [0, 0.1) is 0 Å². The van der Waals surface area contributed by atoms with Crippen molar-refractivity contribution >= 4 is 29.5 Å². The molecule has 0 bridgehead atoms. The highest BCUT2D eigenvalue weighted by atomic mass is 32.1. The van der Waals surface area contributed by atoms with Crippen LogP contribution < -0.4 is 16.0 Å². The second-order valence-electron chi connectivity index (χ2n) is 4.97. The Balaban J connectivity index is 1.93. The molecule has 0 saturated carbocycles. The number of thiocarbonyl (C=S) groups is 1. The summed E-state index contributed by atoms with van der Waals surface area (Å²) >= 11 is 5.06. The van der Waals surface area contributed by atoms with E-state index < -0.39 is 0 Å². The minimum absolute atomic E-state index is 0.0984. The first-order valence-electron chi connectivity index (χ1n) is 7.33. The second-order valence-corrected chi connectivity index (χ2v) is 5.38. The SMILES string of the molecule is CNC(=S)NCC(C)/N=C1\NCCN1/N=C/c1ccccc1. The van der Waals surface area contributed by atoms with E-state index in [0.29, 0.717) is 11.7 Å². The summed E-state index contributed by atoms with van der Waals surface area (Å²) in [4.78, 5) is 4.64. The van der Waals surface area contributed by atoms with Crippen LogP contribution in [0.15, 0.2) is 40.4 Å². The molecule has 1 aromatic carbocycles. The molecule has 0 amide bonds. The molecule has 1 aliphatic heterocycles. The van der Waals surface area contributed by atoms with Crippen LogP contribution in [-0.4, -0.2) is 55.0 Å². The number of nitrogens with one attached hydrogen (secondary N) is 3. The third kappa shape index (κ3) is 5.00. The molecule has 1 aromatic rings. The molecule has 22 heavy (non-hydrogen) atoms. The predicted molar refractivity (Wildman–Crippen MR) is 95.3 cm³/mol. The summed E-state index contributed by atoms with van der Waals surface area (Å²) in [7, 11) is 1.80. The van der Waals surface area contributed by atoms with Crippen LogP contribution in [0.3, 0.4) is 0 Å². The number of rotatable bonds is 5. The predicted octanol–water partition coefficient (Wildman–Crippen LogP) is 0.764. The lowest BCUT2D eigenvalue weighted by Crippen LogP contribution is -2.37. The van der Waals surface area contributed by atoms with Crippen LogP contribution in [0.5, 0.6) is 0 Å². The number of guanidine groups is 1. The molecule has 3 N–H and O–H groups in total. The van der Waals surface area contributed by atoms with Crippen LogP contribution >= 0.6 is 12.2 Å². The van der Waals surface area contributed by atoms with Crippen LogP contribution in [0.4, 0.5) is 0 Å². The summed E-state index contributed by atoms with van der Waals surface area (Å²) in [6.45, 7) is 4.38. The average Bonchev–Trinajstić information content (AvgIpc) is 2.98. The van der Waals surface area contributed by atoms with Crippen molar-refractivity contribution in [3.8, 4) is 0 Å². The van der Waals surface area contributed by atoms with Gasteiger partial charge in [0.05, 0.1) is 18.8 Å². The molecule has 1 saturated heterocycles. The number of aliphatic imine (C=N–C) groups is 1. The first-order valence-corrected chi connectivity index (χ1v) is 7.73. The van der Waals surface area contributed by atoms with Crippen LogP contribution in [0.25, 0.3) is 0 Å². The van der Waals surface area contributed by atoms with E-state index in [-0.39, 0.29) is 6.04 Å². The van der Waals surface area contributed by atoms with Crippen molar-refractivity contribution in [3.63, 3.8) is 0 Å². The molecule has 1 aliphatic rings. The molecule has 0 aromatic heterocycles. The molecule has 0 aliphatic carbocycles. The average molecular weight is 318 g/mol. The van der Waals surface area contributed by atoms with E-state index in [4.69, 9.17) is 12.2 Å². The molecule has 0 radical (unpaired) electrons. The molecule has 1 unspecified atom stereocenters. The Bertz CT molecular complexity index is 542. The van der Waals surface area contributed by atoms with E-state index in [1.165, 1.54) is 0 Å². The van der Waals surface area contributed by atoms with Gasteiger partial charge in [0.1, 0.15) is 0 Å².